The van der Waals surface area contributed by atoms with Gasteiger partial charge in [-0.15, -0.1) is 0 Å². The highest BCUT2D eigenvalue weighted by Crippen LogP contribution is 2.23. The number of aromatic nitrogens is 5. The molecule has 1 unspecified atom stereocenters. The number of nitrogens with zero attached hydrogens (tertiary/aromatic N) is 5. The molecule has 0 aromatic carbocycles. The molecule has 0 N–H and O–H groups in total. The van der Waals surface area contributed by atoms with Crippen molar-refractivity contribution in [3.63, 3.8) is 0 Å². The van der Waals surface area contributed by atoms with Crippen LogP contribution in [0.3, 0.4) is 0 Å². The third kappa shape index (κ3) is 2.38. The van der Waals surface area contributed by atoms with E-state index >= 15 is 0 Å². The first-order valence-corrected chi connectivity index (χ1v) is 7.42. The summed E-state index contributed by atoms with van der Waals surface area (Å²) in [6.45, 7) is 7.13. The Kier molecular flexibility index (Phi) is 3.40. The van der Waals surface area contributed by atoms with Crippen molar-refractivity contribution < 1.29 is 0 Å². The second-order valence-electron chi connectivity index (χ2n) is 5.03. The molecule has 6 heteroatoms. The molecule has 0 spiro atoms. The lowest BCUT2D eigenvalue weighted by atomic mass is 10.3. The highest BCUT2D eigenvalue weighted by atomic mass is 32.1. The molecule has 20 heavy (non-hydrogen) atoms. The molecule has 0 saturated heterocycles. The minimum Gasteiger partial charge on any atom is -0.326 e. The molecule has 0 aliphatic heterocycles. The maximum absolute atomic E-state index is 4.53. The van der Waals surface area contributed by atoms with Crippen LogP contribution >= 0.6 is 11.5 Å². The van der Waals surface area contributed by atoms with E-state index in [1.165, 1.54) is 17.2 Å². The number of imidazole rings is 1. The van der Waals surface area contributed by atoms with Gasteiger partial charge in [-0.05, 0) is 38.4 Å². The van der Waals surface area contributed by atoms with Gasteiger partial charge in [-0.2, -0.15) is 5.10 Å². The molecule has 1 atom stereocenters. The van der Waals surface area contributed by atoms with Gasteiger partial charge in [-0.25, -0.2) is 9.36 Å². The Hall–Kier alpha value is -1.95. The lowest BCUT2D eigenvalue weighted by Crippen LogP contribution is -2.15. The first-order chi connectivity index (χ1) is 9.65. The molecule has 0 aliphatic rings. The first kappa shape index (κ1) is 13.1. The summed E-state index contributed by atoms with van der Waals surface area (Å²) >= 11 is 1.45. The van der Waals surface area contributed by atoms with Gasteiger partial charge < -0.3 is 4.57 Å². The SMILES string of the molecule is Cc1cc(C)n(CC(C)n2ccnc2-c2cnsc2)n1. The molecule has 3 rings (SSSR count). The zero-order chi connectivity index (χ0) is 14.1. The van der Waals surface area contributed by atoms with Gasteiger partial charge >= 0.3 is 0 Å². The summed E-state index contributed by atoms with van der Waals surface area (Å²) in [7, 11) is 0. The van der Waals surface area contributed by atoms with E-state index in [4.69, 9.17) is 0 Å². The molecule has 104 valence electrons. The van der Waals surface area contributed by atoms with Crippen LogP contribution in [0.1, 0.15) is 24.4 Å². The molecule has 0 amide bonds. The molecular formula is C14H17N5S. The van der Waals surface area contributed by atoms with Gasteiger partial charge in [0, 0.05) is 29.0 Å². The Morgan fingerprint density at radius 3 is 2.85 bits per heavy atom. The Morgan fingerprint density at radius 1 is 1.35 bits per heavy atom. The minimum atomic E-state index is 0.283. The number of hydrogen-bond donors (Lipinski definition) is 0. The Morgan fingerprint density at radius 2 is 2.20 bits per heavy atom. The molecule has 3 heterocycles. The molecular weight excluding hydrogens is 270 g/mol. The lowest BCUT2D eigenvalue weighted by molar-refractivity contribution is 0.433. The fourth-order valence-electron chi connectivity index (χ4n) is 2.41. The van der Waals surface area contributed by atoms with Crippen LogP contribution in [0.5, 0.6) is 0 Å². The van der Waals surface area contributed by atoms with Crippen molar-refractivity contribution in [3.8, 4) is 11.4 Å². The lowest BCUT2D eigenvalue weighted by Gasteiger charge is -2.17. The third-order valence-electron chi connectivity index (χ3n) is 3.37. The van der Waals surface area contributed by atoms with Crippen LogP contribution < -0.4 is 0 Å². The molecule has 5 nitrogen and oxygen atoms in total. The monoisotopic (exact) mass is 287 g/mol. The van der Waals surface area contributed by atoms with Crippen LogP contribution in [0.2, 0.25) is 0 Å². The van der Waals surface area contributed by atoms with Gasteiger partial charge in [0.1, 0.15) is 5.82 Å². The fourth-order valence-corrected chi connectivity index (χ4v) is 2.92. The topological polar surface area (TPSA) is 48.5 Å². The van der Waals surface area contributed by atoms with Crippen LogP contribution in [-0.4, -0.2) is 23.7 Å². The highest BCUT2D eigenvalue weighted by molar-refractivity contribution is 7.03. The largest absolute Gasteiger partial charge is 0.326 e. The summed E-state index contributed by atoms with van der Waals surface area (Å²) in [4.78, 5) is 4.45. The summed E-state index contributed by atoms with van der Waals surface area (Å²) in [6, 6.07) is 2.38. The number of hydrogen-bond acceptors (Lipinski definition) is 4. The maximum atomic E-state index is 4.53. The molecule has 3 aromatic heterocycles. The van der Waals surface area contributed by atoms with E-state index in [2.05, 4.69) is 43.6 Å². The first-order valence-electron chi connectivity index (χ1n) is 6.59. The molecule has 0 bridgehead atoms. The van der Waals surface area contributed by atoms with E-state index in [0.717, 1.165) is 23.6 Å². The standard InChI is InChI=1S/C14H17N5S/c1-10-6-11(2)19(17-10)8-12(3)18-5-4-15-14(18)13-7-16-20-9-13/h4-7,9,12H,8H2,1-3H3. The van der Waals surface area contributed by atoms with Crippen LogP contribution in [0, 0.1) is 13.8 Å². The van der Waals surface area contributed by atoms with Crippen LogP contribution in [0.25, 0.3) is 11.4 Å². The van der Waals surface area contributed by atoms with Crippen molar-refractivity contribution in [2.45, 2.75) is 33.4 Å². The van der Waals surface area contributed by atoms with Crippen LogP contribution in [0.15, 0.2) is 30.0 Å². The predicted molar refractivity (Wildman–Crippen MR) is 79.7 cm³/mol. The Balaban J connectivity index is 1.86. The van der Waals surface area contributed by atoms with Gasteiger partial charge in [0.15, 0.2) is 0 Å². The van der Waals surface area contributed by atoms with Crippen molar-refractivity contribution in [1.82, 2.24) is 23.7 Å². The van der Waals surface area contributed by atoms with E-state index in [1.54, 1.807) is 0 Å². The average molecular weight is 287 g/mol. The summed E-state index contributed by atoms with van der Waals surface area (Å²) in [6.07, 6.45) is 5.72. The van der Waals surface area contributed by atoms with E-state index in [9.17, 15) is 0 Å². The van der Waals surface area contributed by atoms with Gasteiger partial charge in [-0.1, -0.05) is 0 Å². The molecule has 0 radical (unpaired) electrons. The van der Waals surface area contributed by atoms with Gasteiger partial charge in [0.25, 0.3) is 0 Å². The zero-order valence-corrected chi connectivity index (χ0v) is 12.6. The van der Waals surface area contributed by atoms with E-state index < -0.39 is 0 Å². The number of aryl methyl sites for hydroxylation is 2. The van der Waals surface area contributed by atoms with Crippen molar-refractivity contribution in [1.29, 1.82) is 0 Å². The van der Waals surface area contributed by atoms with E-state index in [0.29, 0.717) is 0 Å². The second-order valence-corrected chi connectivity index (χ2v) is 5.69. The Labute approximate surface area is 122 Å². The predicted octanol–water partition coefficient (Wildman–Crippen LogP) is 3.08. The summed E-state index contributed by atoms with van der Waals surface area (Å²) < 4.78 is 8.38. The van der Waals surface area contributed by atoms with Crippen molar-refractivity contribution in [3.05, 3.63) is 41.4 Å². The van der Waals surface area contributed by atoms with E-state index in [-0.39, 0.29) is 6.04 Å². The summed E-state index contributed by atoms with van der Waals surface area (Å²) in [5, 5.41) is 6.55. The smallest absolute Gasteiger partial charge is 0.142 e. The molecule has 0 aliphatic carbocycles. The van der Waals surface area contributed by atoms with Gasteiger partial charge in [0.05, 0.1) is 24.5 Å². The van der Waals surface area contributed by atoms with Gasteiger partial charge in [-0.3, -0.25) is 4.68 Å². The maximum Gasteiger partial charge on any atom is 0.142 e. The van der Waals surface area contributed by atoms with Gasteiger partial charge in [0.2, 0.25) is 0 Å². The number of rotatable bonds is 4. The van der Waals surface area contributed by atoms with Crippen LogP contribution in [-0.2, 0) is 6.54 Å². The minimum absolute atomic E-state index is 0.283. The van der Waals surface area contributed by atoms with Crippen molar-refractivity contribution in [2.75, 3.05) is 0 Å². The second kappa shape index (κ2) is 5.20. The molecule has 0 saturated carbocycles. The fraction of sp³-hybridized carbons (Fsp3) is 0.357. The molecule has 3 aromatic rings. The summed E-state index contributed by atoms with van der Waals surface area (Å²) in [5.74, 6) is 0.966. The summed E-state index contributed by atoms with van der Waals surface area (Å²) in [5.41, 5.74) is 3.32. The van der Waals surface area contributed by atoms with Crippen molar-refractivity contribution in [2.24, 2.45) is 0 Å². The quantitative estimate of drug-likeness (QED) is 0.741. The zero-order valence-electron chi connectivity index (χ0n) is 11.8. The van der Waals surface area contributed by atoms with E-state index in [1.807, 2.05) is 30.9 Å². The average Bonchev–Trinajstić information content (AvgIpc) is 3.11. The van der Waals surface area contributed by atoms with Crippen LogP contribution in [0.4, 0.5) is 0 Å². The van der Waals surface area contributed by atoms with Crippen molar-refractivity contribution >= 4 is 11.5 Å². The Bertz CT molecular complexity index is 695. The highest BCUT2D eigenvalue weighted by Gasteiger charge is 2.14. The molecule has 0 fully saturated rings. The normalized spacial score (nSPS) is 12.8. The third-order valence-corrected chi connectivity index (χ3v) is 3.96.